The zero-order valence-corrected chi connectivity index (χ0v) is 11.0. The fourth-order valence-electron chi connectivity index (χ4n) is 1.95. The maximum Gasteiger partial charge on any atom is 0.315 e. The van der Waals surface area contributed by atoms with Crippen LogP contribution in [0.25, 0.3) is 0 Å². The first-order chi connectivity index (χ1) is 8.56. The van der Waals surface area contributed by atoms with Crippen LogP contribution in [0.15, 0.2) is 24.3 Å². The van der Waals surface area contributed by atoms with E-state index < -0.39 is 11.4 Å². The number of carboxylic acid groups (broad SMARTS) is 1. The second kappa shape index (κ2) is 6.52. The molecule has 18 heavy (non-hydrogen) atoms. The van der Waals surface area contributed by atoms with E-state index in [0.717, 1.165) is 11.1 Å². The fourth-order valence-corrected chi connectivity index (χ4v) is 1.95. The van der Waals surface area contributed by atoms with Crippen molar-refractivity contribution in [3.05, 3.63) is 35.4 Å². The Labute approximate surface area is 108 Å². The van der Waals surface area contributed by atoms with Gasteiger partial charge in [-0.2, -0.15) is 0 Å². The lowest BCUT2D eigenvalue weighted by Gasteiger charge is -2.28. The number of aryl methyl sites for hydroxylation is 1. The third-order valence-electron chi connectivity index (χ3n) is 3.24. The third-order valence-corrected chi connectivity index (χ3v) is 3.24. The molecular formula is C14H21NO3. The highest BCUT2D eigenvalue weighted by atomic mass is 16.5. The van der Waals surface area contributed by atoms with Crippen LogP contribution < -0.4 is 5.73 Å². The monoisotopic (exact) mass is 251 g/mol. The Balaban J connectivity index is 3.02. The van der Waals surface area contributed by atoms with Crippen molar-refractivity contribution in [2.75, 3.05) is 19.8 Å². The van der Waals surface area contributed by atoms with Gasteiger partial charge in [0.1, 0.15) is 5.41 Å². The van der Waals surface area contributed by atoms with Crippen LogP contribution in [0, 0.1) is 6.92 Å². The van der Waals surface area contributed by atoms with E-state index in [0.29, 0.717) is 19.6 Å². The number of rotatable bonds is 7. The molecule has 0 radical (unpaired) electrons. The van der Waals surface area contributed by atoms with E-state index in [4.69, 9.17) is 10.5 Å². The first-order valence-corrected chi connectivity index (χ1v) is 6.15. The molecule has 0 amide bonds. The Morgan fingerprint density at radius 3 is 2.44 bits per heavy atom. The first-order valence-electron chi connectivity index (χ1n) is 6.15. The van der Waals surface area contributed by atoms with Gasteiger partial charge in [0, 0.05) is 19.8 Å². The Hall–Kier alpha value is -1.39. The van der Waals surface area contributed by atoms with E-state index >= 15 is 0 Å². The molecule has 1 aromatic carbocycles. The van der Waals surface area contributed by atoms with E-state index in [2.05, 4.69) is 0 Å². The molecule has 4 heteroatoms. The van der Waals surface area contributed by atoms with Crippen molar-refractivity contribution in [1.82, 2.24) is 0 Å². The third kappa shape index (κ3) is 3.09. The minimum atomic E-state index is -1.05. The predicted octanol–water partition coefficient (Wildman–Crippen LogP) is 1.70. The van der Waals surface area contributed by atoms with Crippen LogP contribution in [0.1, 0.15) is 24.5 Å². The number of hydrogen-bond donors (Lipinski definition) is 2. The van der Waals surface area contributed by atoms with Crippen LogP contribution in [0.2, 0.25) is 0 Å². The summed E-state index contributed by atoms with van der Waals surface area (Å²) < 4.78 is 5.27. The van der Waals surface area contributed by atoms with Crippen LogP contribution in [0.4, 0.5) is 0 Å². The second-order valence-corrected chi connectivity index (χ2v) is 4.40. The van der Waals surface area contributed by atoms with Crippen molar-refractivity contribution in [3.63, 3.8) is 0 Å². The van der Waals surface area contributed by atoms with Gasteiger partial charge in [-0.3, -0.25) is 4.79 Å². The molecule has 0 saturated heterocycles. The van der Waals surface area contributed by atoms with Gasteiger partial charge in [0.25, 0.3) is 0 Å². The second-order valence-electron chi connectivity index (χ2n) is 4.40. The van der Waals surface area contributed by atoms with Crippen LogP contribution in [0.3, 0.4) is 0 Å². The van der Waals surface area contributed by atoms with Gasteiger partial charge in [0.05, 0.1) is 0 Å². The molecule has 0 aromatic heterocycles. The topological polar surface area (TPSA) is 72.5 Å². The SMILES string of the molecule is CCOCCC(CN)(C(=O)O)c1ccc(C)cc1. The number of benzene rings is 1. The first kappa shape index (κ1) is 14.7. The van der Waals surface area contributed by atoms with Crippen molar-refractivity contribution in [2.24, 2.45) is 5.73 Å². The maximum absolute atomic E-state index is 11.6. The molecule has 0 heterocycles. The van der Waals surface area contributed by atoms with Crippen molar-refractivity contribution in [3.8, 4) is 0 Å². The van der Waals surface area contributed by atoms with Gasteiger partial charge in [-0.05, 0) is 25.8 Å². The molecule has 0 fully saturated rings. The number of hydrogen-bond acceptors (Lipinski definition) is 3. The lowest BCUT2D eigenvalue weighted by molar-refractivity contribution is -0.144. The molecule has 0 aliphatic carbocycles. The van der Waals surface area contributed by atoms with Crippen molar-refractivity contribution < 1.29 is 14.6 Å². The molecule has 3 N–H and O–H groups in total. The summed E-state index contributed by atoms with van der Waals surface area (Å²) in [5.41, 5.74) is 6.51. The number of nitrogens with two attached hydrogens (primary N) is 1. The highest BCUT2D eigenvalue weighted by Crippen LogP contribution is 2.28. The Morgan fingerprint density at radius 2 is 2.00 bits per heavy atom. The highest BCUT2D eigenvalue weighted by molar-refractivity contribution is 5.81. The van der Waals surface area contributed by atoms with E-state index in [1.807, 2.05) is 38.1 Å². The summed E-state index contributed by atoms with van der Waals surface area (Å²) >= 11 is 0. The fraction of sp³-hybridized carbons (Fsp3) is 0.500. The number of ether oxygens (including phenoxy) is 1. The Kier molecular flexibility index (Phi) is 5.31. The lowest BCUT2D eigenvalue weighted by Crippen LogP contribution is -2.44. The normalized spacial score (nSPS) is 14.2. The average Bonchev–Trinajstić information content (AvgIpc) is 2.36. The molecule has 100 valence electrons. The highest BCUT2D eigenvalue weighted by Gasteiger charge is 2.38. The smallest absolute Gasteiger partial charge is 0.315 e. The summed E-state index contributed by atoms with van der Waals surface area (Å²) in [4.78, 5) is 11.6. The van der Waals surface area contributed by atoms with Gasteiger partial charge in [-0.25, -0.2) is 0 Å². The van der Waals surface area contributed by atoms with Crippen LogP contribution >= 0.6 is 0 Å². The largest absolute Gasteiger partial charge is 0.481 e. The maximum atomic E-state index is 11.6. The number of carboxylic acids is 1. The zero-order valence-electron chi connectivity index (χ0n) is 11.0. The van der Waals surface area contributed by atoms with Gasteiger partial charge < -0.3 is 15.6 Å². The zero-order chi connectivity index (χ0) is 13.6. The molecule has 4 nitrogen and oxygen atoms in total. The van der Waals surface area contributed by atoms with E-state index in [-0.39, 0.29) is 6.54 Å². The summed E-state index contributed by atoms with van der Waals surface area (Å²) in [5.74, 6) is -0.895. The summed E-state index contributed by atoms with van der Waals surface area (Å²) in [5, 5.41) is 9.51. The van der Waals surface area contributed by atoms with Crippen molar-refractivity contribution in [1.29, 1.82) is 0 Å². The van der Waals surface area contributed by atoms with Gasteiger partial charge in [-0.15, -0.1) is 0 Å². The van der Waals surface area contributed by atoms with Crippen molar-refractivity contribution in [2.45, 2.75) is 25.7 Å². The summed E-state index contributed by atoms with van der Waals surface area (Å²) in [6.07, 6.45) is 0.385. The molecule has 1 rings (SSSR count). The molecule has 0 aliphatic rings. The van der Waals surface area contributed by atoms with Gasteiger partial charge in [0.2, 0.25) is 0 Å². The van der Waals surface area contributed by atoms with E-state index in [1.165, 1.54) is 0 Å². The van der Waals surface area contributed by atoms with Gasteiger partial charge in [0.15, 0.2) is 0 Å². The quantitative estimate of drug-likeness (QED) is 0.723. The van der Waals surface area contributed by atoms with E-state index in [9.17, 15) is 9.90 Å². The van der Waals surface area contributed by atoms with Gasteiger partial charge in [-0.1, -0.05) is 29.8 Å². The number of aliphatic carboxylic acids is 1. The summed E-state index contributed by atoms with van der Waals surface area (Å²) in [6.45, 7) is 4.89. The molecule has 0 saturated carbocycles. The molecule has 1 unspecified atom stereocenters. The molecule has 1 aromatic rings. The van der Waals surface area contributed by atoms with Crippen LogP contribution in [-0.2, 0) is 14.9 Å². The number of carbonyl (C=O) groups is 1. The Morgan fingerprint density at radius 1 is 1.39 bits per heavy atom. The molecule has 0 bridgehead atoms. The molecule has 1 atom stereocenters. The molecular weight excluding hydrogens is 230 g/mol. The predicted molar refractivity (Wildman–Crippen MR) is 70.7 cm³/mol. The average molecular weight is 251 g/mol. The van der Waals surface area contributed by atoms with Crippen LogP contribution in [0.5, 0.6) is 0 Å². The van der Waals surface area contributed by atoms with Crippen molar-refractivity contribution >= 4 is 5.97 Å². The molecule has 0 spiro atoms. The minimum absolute atomic E-state index is 0.0679. The lowest BCUT2D eigenvalue weighted by atomic mass is 9.77. The molecule has 0 aliphatic heterocycles. The van der Waals surface area contributed by atoms with Gasteiger partial charge >= 0.3 is 5.97 Å². The summed E-state index contributed by atoms with van der Waals surface area (Å²) in [6, 6.07) is 7.48. The standard InChI is InChI=1S/C14H21NO3/c1-3-18-9-8-14(10-15,13(16)17)12-6-4-11(2)5-7-12/h4-7H,3,8-10,15H2,1-2H3,(H,16,17). The Bertz CT molecular complexity index is 389. The summed E-state index contributed by atoms with van der Waals surface area (Å²) in [7, 11) is 0. The minimum Gasteiger partial charge on any atom is -0.481 e. The van der Waals surface area contributed by atoms with Crippen LogP contribution in [-0.4, -0.2) is 30.8 Å². The van der Waals surface area contributed by atoms with E-state index in [1.54, 1.807) is 0 Å².